The third-order valence-corrected chi connectivity index (χ3v) is 7.92. The highest BCUT2D eigenvalue weighted by atomic mass is 35.5. The van der Waals surface area contributed by atoms with Crippen LogP contribution in [0.15, 0.2) is 47.3 Å². The van der Waals surface area contributed by atoms with Gasteiger partial charge in [-0.3, -0.25) is 9.78 Å². The lowest BCUT2D eigenvalue weighted by Crippen LogP contribution is -2.48. The summed E-state index contributed by atoms with van der Waals surface area (Å²) in [5, 5.41) is 8.16. The van der Waals surface area contributed by atoms with E-state index >= 15 is 0 Å². The Hall–Kier alpha value is -3.21. The summed E-state index contributed by atoms with van der Waals surface area (Å²) >= 11 is 7.60. The summed E-state index contributed by atoms with van der Waals surface area (Å²) in [7, 11) is 0. The van der Waals surface area contributed by atoms with E-state index in [1.807, 2.05) is 36.4 Å². The zero-order valence-electron chi connectivity index (χ0n) is 19.7. The predicted octanol–water partition coefficient (Wildman–Crippen LogP) is 3.59. The van der Waals surface area contributed by atoms with E-state index in [1.165, 1.54) is 11.3 Å². The molecule has 0 spiro atoms. The van der Waals surface area contributed by atoms with Crippen LogP contribution in [-0.4, -0.2) is 65.2 Å². The molecule has 3 N–H and O–H groups in total. The molecule has 1 aromatic carbocycles. The second-order valence-electron chi connectivity index (χ2n) is 9.08. The van der Waals surface area contributed by atoms with E-state index in [-0.39, 0.29) is 11.6 Å². The van der Waals surface area contributed by atoms with Gasteiger partial charge in [-0.2, -0.15) is 4.98 Å². The number of pyridine rings is 1. The first-order valence-corrected chi connectivity index (χ1v) is 13.4. The Bertz CT molecular complexity index is 1390. The summed E-state index contributed by atoms with van der Waals surface area (Å²) in [5.74, 6) is 2.04. The largest absolute Gasteiger partial charge is 0.365 e. The van der Waals surface area contributed by atoms with Gasteiger partial charge >= 0.3 is 0 Å². The Kier molecular flexibility index (Phi) is 6.47. The van der Waals surface area contributed by atoms with Gasteiger partial charge in [0.15, 0.2) is 0 Å². The van der Waals surface area contributed by atoms with Crippen LogP contribution in [-0.2, 0) is 0 Å². The molecule has 2 aliphatic heterocycles. The van der Waals surface area contributed by atoms with Crippen LogP contribution in [0.3, 0.4) is 0 Å². The summed E-state index contributed by atoms with van der Waals surface area (Å²) < 4.78 is 1.05. The number of anilines is 3. The fourth-order valence-corrected chi connectivity index (χ4v) is 5.95. The minimum absolute atomic E-state index is 0.177. The molecule has 6 rings (SSSR count). The molecule has 11 heteroatoms. The Morgan fingerprint density at radius 2 is 1.83 bits per heavy atom. The number of benzene rings is 1. The van der Waals surface area contributed by atoms with Crippen molar-refractivity contribution in [3.63, 3.8) is 0 Å². The third-order valence-electron chi connectivity index (χ3n) is 6.66. The second-order valence-corrected chi connectivity index (χ2v) is 10.5. The number of para-hydroxylation sites is 1. The Balaban J connectivity index is 1.31. The van der Waals surface area contributed by atoms with Gasteiger partial charge in [0.1, 0.15) is 27.4 Å². The molecule has 3 aromatic heterocycles. The zero-order valence-corrected chi connectivity index (χ0v) is 21.3. The standard InChI is InChI=1S/C25H27ClN8OS/c26-19-8-3-9-20(30-19)33-11-13-34(14-12-33)25-31-22(28-16-5-4-10-27-15-16)21(23(35)32-25)24-29-17-6-1-2-7-18(17)36-24/h1-3,6-9,16,27H,4-5,10-15H2,(H2,28,31,32,35)/t16-/m1/s1. The molecule has 2 aliphatic rings. The molecular formula is C25H27ClN8OS. The molecule has 0 saturated carbocycles. The van der Waals surface area contributed by atoms with Crippen LogP contribution < -0.4 is 26.0 Å². The molecule has 0 unspecified atom stereocenters. The number of piperidine rings is 1. The molecule has 0 radical (unpaired) electrons. The Labute approximate surface area is 217 Å². The highest BCUT2D eigenvalue weighted by molar-refractivity contribution is 7.21. The van der Waals surface area contributed by atoms with Crippen LogP contribution in [0.25, 0.3) is 20.8 Å². The molecule has 2 fully saturated rings. The number of hydrogen-bond acceptors (Lipinski definition) is 9. The smallest absolute Gasteiger partial charge is 0.264 e. The van der Waals surface area contributed by atoms with E-state index in [2.05, 4.69) is 30.4 Å². The molecule has 5 heterocycles. The molecule has 4 aromatic rings. The van der Waals surface area contributed by atoms with Crippen molar-refractivity contribution >= 4 is 50.7 Å². The monoisotopic (exact) mass is 522 g/mol. The minimum atomic E-state index is -0.177. The van der Waals surface area contributed by atoms with Gasteiger partial charge in [-0.15, -0.1) is 11.3 Å². The molecule has 0 aliphatic carbocycles. The van der Waals surface area contributed by atoms with Gasteiger partial charge in [0.2, 0.25) is 5.95 Å². The number of nitrogens with zero attached hydrogens (tertiary/aromatic N) is 5. The van der Waals surface area contributed by atoms with Crippen molar-refractivity contribution in [2.24, 2.45) is 0 Å². The van der Waals surface area contributed by atoms with E-state index in [9.17, 15) is 4.79 Å². The van der Waals surface area contributed by atoms with E-state index in [1.54, 1.807) is 6.07 Å². The van der Waals surface area contributed by atoms with Crippen molar-refractivity contribution in [1.82, 2.24) is 25.3 Å². The van der Waals surface area contributed by atoms with Crippen LogP contribution in [0.4, 0.5) is 17.6 Å². The number of halogens is 1. The Morgan fingerprint density at radius 1 is 1.00 bits per heavy atom. The van der Waals surface area contributed by atoms with Crippen molar-refractivity contribution in [2.45, 2.75) is 18.9 Å². The van der Waals surface area contributed by atoms with Crippen LogP contribution >= 0.6 is 22.9 Å². The lowest BCUT2D eigenvalue weighted by molar-refractivity contribution is 0.479. The first-order valence-electron chi connectivity index (χ1n) is 12.2. The van der Waals surface area contributed by atoms with Crippen LogP contribution in [0.5, 0.6) is 0 Å². The van der Waals surface area contributed by atoms with E-state index in [0.717, 1.165) is 55.1 Å². The number of H-pyrrole nitrogens is 1. The predicted molar refractivity (Wildman–Crippen MR) is 147 cm³/mol. The van der Waals surface area contributed by atoms with E-state index in [4.69, 9.17) is 21.6 Å². The maximum Gasteiger partial charge on any atom is 0.264 e. The van der Waals surface area contributed by atoms with Gasteiger partial charge in [0.25, 0.3) is 5.56 Å². The topological polar surface area (TPSA) is 102 Å². The van der Waals surface area contributed by atoms with Crippen molar-refractivity contribution in [3.05, 3.63) is 58.0 Å². The number of aromatic nitrogens is 4. The zero-order chi connectivity index (χ0) is 24.5. The maximum absolute atomic E-state index is 13.5. The van der Waals surface area contributed by atoms with E-state index < -0.39 is 0 Å². The number of nitrogens with one attached hydrogen (secondary N) is 3. The summed E-state index contributed by atoms with van der Waals surface area (Å²) in [6.45, 7) is 4.79. The SMILES string of the molecule is O=c1[nH]c(N2CCN(c3cccc(Cl)n3)CC2)nc(N[C@@H]2CCCNC2)c1-c1nc2ccccc2s1. The van der Waals surface area contributed by atoms with Gasteiger partial charge in [0.05, 0.1) is 10.2 Å². The molecule has 36 heavy (non-hydrogen) atoms. The summed E-state index contributed by atoms with van der Waals surface area (Å²) in [6.07, 6.45) is 2.12. The van der Waals surface area contributed by atoms with Gasteiger partial charge in [-0.1, -0.05) is 29.8 Å². The van der Waals surface area contributed by atoms with Crippen LogP contribution in [0.2, 0.25) is 5.15 Å². The average molecular weight is 523 g/mol. The number of thiazole rings is 1. The fourth-order valence-electron chi connectivity index (χ4n) is 4.78. The lowest BCUT2D eigenvalue weighted by Gasteiger charge is -2.36. The van der Waals surface area contributed by atoms with Crippen LogP contribution in [0.1, 0.15) is 12.8 Å². The molecule has 0 amide bonds. The Morgan fingerprint density at radius 3 is 2.61 bits per heavy atom. The lowest BCUT2D eigenvalue weighted by atomic mass is 10.1. The van der Waals surface area contributed by atoms with Crippen LogP contribution in [0, 0.1) is 0 Å². The first kappa shape index (κ1) is 23.2. The van der Waals surface area contributed by atoms with Crippen molar-refractivity contribution in [2.75, 3.05) is 54.4 Å². The normalized spacial score (nSPS) is 18.5. The second kappa shape index (κ2) is 10.0. The molecule has 0 bridgehead atoms. The molecule has 2 saturated heterocycles. The number of rotatable bonds is 5. The minimum Gasteiger partial charge on any atom is -0.365 e. The van der Waals surface area contributed by atoms with Gasteiger partial charge < -0.3 is 20.4 Å². The number of aromatic amines is 1. The molecule has 1 atom stereocenters. The van der Waals surface area contributed by atoms with Gasteiger partial charge in [-0.25, -0.2) is 9.97 Å². The summed E-state index contributed by atoms with van der Waals surface area (Å²) in [5.41, 5.74) is 1.22. The highest BCUT2D eigenvalue weighted by Gasteiger charge is 2.25. The number of fused-ring (bicyclic) bond motifs is 1. The van der Waals surface area contributed by atoms with Gasteiger partial charge in [-0.05, 0) is 43.7 Å². The molecule has 9 nitrogen and oxygen atoms in total. The first-order chi connectivity index (χ1) is 17.6. The quantitative estimate of drug-likeness (QED) is 0.342. The maximum atomic E-state index is 13.5. The third kappa shape index (κ3) is 4.76. The molecule has 186 valence electrons. The average Bonchev–Trinajstić information content (AvgIpc) is 3.33. The van der Waals surface area contributed by atoms with Gasteiger partial charge in [0, 0.05) is 38.8 Å². The number of piperazine rings is 1. The molecular weight excluding hydrogens is 496 g/mol. The summed E-state index contributed by atoms with van der Waals surface area (Å²) in [4.78, 5) is 35.0. The van der Waals surface area contributed by atoms with Crippen molar-refractivity contribution in [3.8, 4) is 10.6 Å². The van der Waals surface area contributed by atoms with E-state index in [0.29, 0.717) is 40.6 Å². The fraction of sp³-hybridized carbons (Fsp3) is 0.360. The van der Waals surface area contributed by atoms with Crippen molar-refractivity contribution in [1.29, 1.82) is 0 Å². The van der Waals surface area contributed by atoms with Crippen molar-refractivity contribution < 1.29 is 0 Å². The number of hydrogen-bond donors (Lipinski definition) is 3. The summed E-state index contributed by atoms with van der Waals surface area (Å²) in [6, 6.07) is 13.8. The highest BCUT2D eigenvalue weighted by Crippen LogP contribution is 2.33.